The summed E-state index contributed by atoms with van der Waals surface area (Å²) in [6.07, 6.45) is -3.56. The number of ether oxygens (including phenoxy) is 1. The quantitative estimate of drug-likeness (QED) is 0.829. The van der Waals surface area contributed by atoms with E-state index in [0.29, 0.717) is 18.5 Å². The zero-order valence-electron chi connectivity index (χ0n) is 12.4. The van der Waals surface area contributed by atoms with E-state index in [-0.39, 0.29) is 30.6 Å². The van der Waals surface area contributed by atoms with E-state index in [4.69, 9.17) is 5.73 Å². The topological polar surface area (TPSA) is 64.4 Å². The molecule has 0 aromatic heterocycles. The highest BCUT2D eigenvalue weighted by Gasteiger charge is 2.33. The van der Waals surface area contributed by atoms with Gasteiger partial charge in [0.25, 0.3) is 0 Å². The van der Waals surface area contributed by atoms with Crippen molar-refractivity contribution in [2.75, 3.05) is 11.9 Å². The number of nitrogens with one attached hydrogen (secondary N) is 1. The van der Waals surface area contributed by atoms with Crippen LogP contribution in [0.15, 0.2) is 24.3 Å². The van der Waals surface area contributed by atoms with Crippen molar-refractivity contribution in [1.29, 1.82) is 0 Å². The molecule has 4 nitrogen and oxygen atoms in total. The van der Waals surface area contributed by atoms with Crippen LogP contribution in [0.2, 0.25) is 0 Å². The number of hydrogen-bond donors (Lipinski definition) is 2. The first-order chi connectivity index (χ1) is 9.76. The van der Waals surface area contributed by atoms with Gasteiger partial charge in [0.1, 0.15) is 5.75 Å². The summed E-state index contributed by atoms with van der Waals surface area (Å²) in [7, 11) is 0. The minimum Gasteiger partial charge on any atom is -0.406 e. The number of anilines is 1. The first kappa shape index (κ1) is 20.5. The van der Waals surface area contributed by atoms with Crippen molar-refractivity contribution >= 4 is 24.0 Å². The summed E-state index contributed by atoms with van der Waals surface area (Å²) < 4.78 is 39.9. The molecule has 8 heteroatoms. The number of benzene rings is 1. The maximum absolute atomic E-state index is 12.2. The van der Waals surface area contributed by atoms with Gasteiger partial charge in [0, 0.05) is 12.2 Å². The minimum absolute atomic E-state index is 0. The third kappa shape index (κ3) is 5.38. The van der Waals surface area contributed by atoms with Crippen LogP contribution in [0.5, 0.6) is 5.75 Å². The predicted molar refractivity (Wildman–Crippen MR) is 81.1 cm³/mol. The zero-order chi connectivity index (χ0) is 16.1. The predicted octanol–water partition coefficient (Wildman–Crippen LogP) is 3.71. The van der Waals surface area contributed by atoms with Gasteiger partial charge in [-0.2, -0.15) is 0 Å². The Morgan fingerprint density at radius 1 is 1.18 bits per heavy atom. The average molecular weight is 341 g/mol. The molecule has 0 fully saturated rings. The van der Waals surface area contributed by atoms with Gasteiger partial charge >= 0.3 is 6.36 Å². The molecule has 1 amide bonds. The van der Waals surface area contributed by atoms with Gasteiger partial charge in [-0.3, -0.25) is 4.79 Å². The molecule has 0 heterocycles. The Bertz CT molecular complexity index is 466. The monoisotopic (exact) mass is 340 g/mol. The fourth-order valence-corrected chi connectivity index (χ4v) is 1.96. The van der Waals surface area contributed by atoms with E-state index in [1.54, 1.807) is 0 Å². The summed E-state index contributed by atoms with van der Waals surface area (Å²) in [4.78, 5) is 12.2. The Labute approximate surface area is 133 Å². The highest BCUT2D eigenvalue weighted by atomic mass is 35.5. The summed E-state index contributed by atoms with van der Waals surface area (Å²) in [6.45, 7) is 3.95. The summed E-state index contributed by atoms with van der Waals surface area (Å²) >= 11 is 0. The molecule has 1 rings (SSSR count). The van der Waals surface area contributed by atoms with Crippen LogP contribution in [0.1, 0.15) is 26.7 Å². The van der Waals surface area contributed by atoms with E-state index < -0.39 is 11.8 Å². The Hall–Kier alpha value is -1.47. The molecule has 0 unspecified atom stereocenters. The molecule has 1 aromatic carbocycles. The highest BCUT2D eigenvalue weighted by molar-refractivity contribution is 5.95. The van der Waals surface area contributed by atoms with E-state index in [2.05, 4.69) is 10.1 Å². The molecular weight excluding hydrogens is 321 g/mol. The van der Waals surface area contributed by atoms with Crippen molar-refractivity contribution in [3.63, 3.8) is 0 Å². The summed E-state index contributed by atoms with van der Waals surface area (Å²) in [5.41, 5.74) is 5.40. The fraction of sp³-hybridized carbons (Fsp3) is 0.500. The maximum Gasteiger partial charge on any atom is 0.573 e. The molecule has 0 saturated carbocycles. The van der Waals surface area contributed by atoms with Gasteiger partial charge in [-0.15, -0.1) is 25.6 Å². The lowest BCUT2D eigenvalue weighted by Gasteiger charge is -2.28. The molecule has 22 heavy (non-hydrogen) atoms. The SMILES string of the molecule is CCC(CC)(CN)C(=O)Nc1ccc(OC(F)(F)F)cc1.Cl. The third-order valence-electron chi connectivity index (χ3n) is 3.57. The molecule has 0 aliphatic heterocycles. The van der Waals surface area contributed by atoms with E-state index in [0.717, 1.165) is 12.1 Å². The second-order valence-corrected chi connectivity index (χ2v) is 4.72. The molecule has 1 aromatic rings. The molecule has 0 radical (unpaired) electrons. The third-order valence-corrected chi connectivity index (χ3v) is 3.57. The van der Waals surface area contributed by atoms with Crippen LogP contribution in [0.25, 0.3) is 0 Å². The second kappa shape index (κ2) is 8.24. The number of hydrogen-bond acceptors (Lipinski definition) is 3. The first-order valence-corrected chi connectivity index (χ1v) is 6.63. The van der Waals surface area contributed by atoms with Crippen molar-refractivity contribution < 1.29 is 22.7 Å². The number of alkyl halides is 3. The number of carbonyl (C=O) groups is 1. The van der Waals surface area contributed by atoms with Crippen molar-refractivity contribution in [1.82, 2.24) is 0 Å². The molecular formula is C14H20ClF3N2O2. The largest absolute Gasteiger partial charge is 0.573 e. The standard InChI is InChI=1S/C14H19F3N2O2.ClH/c1-3-13(4-2,9-18)12(20)19-10-5-7-11(8-6-10)21-14(15,16)17;/h5-8H,3-4,9,18H2,1-2H3,(H,19,20);1H. The van der Waals surface area contributed by atoms with E-state index >= 15 is 0 Å². The smallest absolute Gasteiger partial charge is 0.406 e. The molecule has 0 spiro atoms. The lowest BCUT2D eigenvalue weighted by molar-refractivity contribution is -0.274. The lowest BCUT2D eigenvalue weighted by Crippen LogP contribution is -2.41. The van der Waals surface area contributed by atoms with Crippen LogP contribution in [0.4, 0.5) is 18.9 Å². The summed E-state index contributed by atoms with van der Waals surface area (Å²) in [5, 5.41) is 2.67. The van der Waals surface area contributed by atoms with Crippen LogP contribution in [-0.4, -0.2) is 18.8 Å². The molecule has 0 aliphatic carbocycles. The van der Waals surface area contributed by atoms with Gasteiger partial charge in [-0.1, -0.05) is 13.8 Å². The van der Waals surface area contributed by atoms with Crippen LogP contribution in [0.3, 0.4) is 0 Å². The van der Waals surface area contributed by atoms with E-state index in [1.807, 2.05) is 13.8 Å². The van der Waals surface area contributed by atoms with Gasteiger partial charge in [0.05, 0.1) is 5.41 Å². The normalized spacial score (nSPS) is 11.5. The molecule has 0 aliphatic rings. The van der Waals surface area contributed by atoms with Crippen molar-refractivity contribution in [3.8, 4) is 5.75 Å². The maximum atomic E-state index is 12.2. The summed E-state index contributed by atoms with van der Waals surface area (Å²) in [5.74, 6) is -0.573. The van der Waals surface area contributed by atoms with E-state index in [9.17, 15) is 18.0 Å². The molecule has 0 bridgehead atoms. The summed E-state index contributed by atoms with van der Waals surface area (Å²) in [6, 6.07) is 4.99. The number of amides is 1. The Morgan fingerprint density at radius 3 is 2.05 bits per heavy atom. The lowest BCUT2D eigenvalue weighted by atomic mass is 9.81. The van der Waals surface area contributed by atoms with Crippen LogP contribution in [-0.2, 0) is 4.79 Å². The minimum atomic E-state index is -4.73. The number of nitrogens with two attached hydrogens (primary N) is 1. The molecule has 3 N–H and O–H groups in total. The first-order valence-electron chi connectivity index (χ1n) is 6.63. The average Bonchev–Trinajstić information content (AvgIpc) is 2.42. The van der Waals surface area contributed by atoms with Crippen LogP contribution in [0, 0.1) is 5.41 Å². The van der Waals surface area contributed by atoms with Crippen LogP contribution < -0.4 is 15.8 Å². The van der Waals surface area contributed by atoms with E-state index in [1.165, 1.54) is 12.1 Å². The number of halogens is 4. The van der Waals surface area contributed by atoms with Gasteiger partial charge < -0.3 is 15.8 Å². The zero-order valence-corrected chi connectivity index (χ0v) is 13.2. The van der Waals surface area contributed by atoms with Gasteiger partial charge in [0.2, 0.25) is 5.91 Å². The Morgan fingerprint density at radius 2 is 1.68 bits per heavy atom. The van der Waals surface area contributed by atoms with Gasteiger partial charge in [-0.25, -0.2) is 0 Å². The van der Waals surface area contributed by atoms with Crippen LogP contribution >= 0.6 is 12.4 Å². The fourth-order valence-electron chi connectivity index (χ4n) is 1.96. The van der Waals surface area contributed by atoms with Gasteiger partial charge in [0.15, 0.2) is 0 Å². The highest BCUT2D eigenvalue weighted by Crippen LogP contribution is 2.28. The second-order valence-electron chi connectivity index (χ2n) is 4.72. The number of rotatable bonds is 6. The van der Waals surface area contributed by atoms with Gasteiger partial charge in [-0.05, 0) is 37.1 Å². The van der Waals surface area contributed by atoms with Crippen molar-refractivity contribution in [3.05, 3.63) is 24.3 Å². The molecule has 0 saturated heterocycles. The Balaban J connectivity index is 0.00000441. The number of carbonyl (C=O) groups excluding carboxylic acids is 1. The van der Waals surface area contributed by atoms with Crippen molar-refractivity contribution in [2.45, 2.75) is 33.1 Å². The van der Waals surface area contributed by atoms with Crippen molar-refractivity contribution in [2.24, 2.45) is 11.1 Å². The molecule has 0 atom stereocenters. The Kier molecular flexibility index (Phi) is 7.69. The molecule has 126 valence electrons.